The highest BCUT2D eigenvalue weighted by Crippen LogP contribution is 2.32. The Balaban J connectivity index is 1.50. The van der Waals surface area contributed by atoms with Crippen molar-refractivity contribution < 1.29 is 9.59 Å². The Morgan fingerprint density at radius 2 is 1.91 bits per heavy atom. The maximum Gasteiger partial charge on any atom is 0.252 e. The smallest absolute Gasteiger partial charge is 0.252 e. The van der Waals surface area contributed by atoms with Crippen LogP contribution in [0.4, 0.5) is 0 Å². The van der Waals surface area contributed by atoms with Crippen LogP contribution >= 0.6 is 11.6 Å². The van der Waals surface area contributed by atoms with Gasteiger partial charge in [0.05, 0.1) is 23.6 Å². The van der Waals surface area contributed by atoms with Crippen molar-refractivity contribution >= 4 is 23.4 Å². The van der Waals surface area contributed by atoms with Gasteiger partial charge >= 0.3 is 0 Å². The molecule has 0 bridgehead atoms. The first-order valence-electron chi connectivity index (χ1n) is 11.1. The lowest BCUT2D eigenvalue weighted by molar-refractivity contribution is -0.137. The lowest BCUT2D eigenvalue weighted by Crippen LogP contribution is -2.55. The van der Waals surface area contributed by atoms with Gasteiger partial charge in [-0.2, -0.15) is 0 Å². The molecule has 33 heavy (non-hydrogen) atoms. The van der Waals surface area contributed by atoms with E-state index in [0.29, 0.717) is 23.6 Å². The third-order valence-corrected chi connectivity index (χ3v) is 6.06. The molecule has 1 aliphatic heterocycles. The zero-order valence-electron chi connectivity index (χ0n) is 18.8. The van der Waals surface area contributed by atoms with Crippen molar-refractivity contribution in [1.82, 2.24) is 20.2 Å². The van der Waals surface area contributed by atoms with Crippen LogP contribution in [-0.4, -0.2) is 38.8 Å². The predicted molar refractivity (Wildman–Crippen MR) is 128 cm³/mol. The molecule has 1 saturated heterocycles. The number of halogens is 1. The molecule has 0 unspecified atom stereocenters. The molecule has 1 fully saturated rings. The minimum Gasteiger partial charge on any atom is -0.338 e. The van der Waals surface area contributed by atoms with E-state index in [1.807, 2.05) is 35.2 Å². The van der Waals surface area contributed by atoms with Crippen LogP contribution in [0.3, 0.4) is 0 Å². The van der Waals surface area contributed by atoms with Gasteiger partial charge in [-0.25, -0.2) is 0 Å². The third-order valence-electron chi connectivity index (χ3n) is 5.83. The van der Waals surface area contributed by atoms with Crippen molar-refractivity contribution in [2.75, 3.05) is 6.54 Å². The van der Waals surface area contributed by atoms with Gasteiger partial charge in [0, 0.05) is 29.7 Å². The van der Waals surface area contributed by atoms with Crippen LogP contribution in [0.1, 0.15) is 60.0 Å². The molecule has 6 nitrogen and oxygen atoms in total. The van der Waals surface area contributed by atoms with Crippen LogP contribution in [0, 0.1) is 0 Å². The Morgan fingerprint density at radius 1 is 1.12 bits per heavy atom. The fourth-order valence-corrected chi connectivity index (χ4v) is 4.41. The van der Waals surface area contributed by atoms with Crippen molar-refractivity contribution in [1.29, 1.82) is 0 Å². The minimum absolute atomic E-state index is 0.128. The second kappa shape index (κ2) is 9.71. The minimum atomic E-state index is -1.05. The number of likely N-dealkylation sites (tertiary alicyclic amines) is 1. The molecule has 1 aliphatic rings. The Kier molecular flexibility index (Phi) is 6.75. The largest absolute Gasteiger partial charge is 0.338 e. The highest BCUT2D eigenvalue weighted by atomic mass is 35.5. The quantitative estimate of drug-likeness (QED) is 0.581. The van der Waals surface area contributed by atoms with E-state index < -0.39 is 5.54 Å². The number of carbonyl (C=O) groups is 2. The monoisotopic (exact) mass is 462 g/mol. The molecule has 0 aliphatic carbocycles. The first-order valence-corrected chi connectivity index (χ1v) is 11.5. The molecule has 4 rings (SSSR count). The summed E-state index contributed by atoms with van der Waals surface area (Å²) >= 11 is 6.11. The van der Waals surface area contributed by atoms with E-state index in [0.717, 1.165) is 29.8 Å². The molecule has 2 amide bonds. The van der Waals surface area contributed by atoms with Crippen molar-refractivity contribution in [3.05, 3.63) is 94.5 Å². The van der Waals surface area contributed by atoms with Crippen LogP contribution < -0.4 is 5.32 Å². The second-order valence-corrected chi connectivity index (χ2v) is 9.28. The van der Waals surface area contributed by atoms with E-state index in [1.54, 1.807) is 50.5 Å². The molecule has 0 spiro atoms. The molecule has 2 heterocycles. The third kappa shape index (κ3) is 5.40. The summed E-state index contributed by atoms with van der Waals surface area (Å²) in [6.45, 7) is 4.11. The highest BCUT2D eigenvalue weighted by Gasteiger charge is 2.40. The van der Waals surface area contributed by atoms with Gasteiger partial charge in [-0.05, 0) is 56.5 Å². The van der Waals surface area contributed by atoms with E-state index >= 15 is 0 Å². The summed E-state index contributed by atoms with van der Waals surface area (Å²) in [5, 5.41) is 3.58. The number of amides is 2. The van der Waals surface area contributed by atoms with Crippen molar-refractivity contribution in [2.45, 2.75) is 44.7 Å². The lowest BCUT2D eigenvalue weighted by atomic mass is 10.0. The Morgan fingerprint density at radius 3 is 2.67 bits per heavy atom. The molecule has 1 aromatic heterocycles. The van der Waals surface area contributed by atoms with Crippen molar-refractivity contribution in [2.24, 2.45) is 0 Å². The van der Waals surface area contributed by atoms with Gasteiger partial charge in [0.1, 0.15) is 5.54 Å². The number of benzene rings is 2. The van der Waals surface area contributed by atoms with E-state index in [2.05, 4.69) is 10.3 Å². The SMILES string of the molecule is CC(C)(NC(=O)c1ccccc1)C(=O)N1CCC[C@@H]1c1cncc(Cc2cccc(Cl)c2)n1. The highest BCUT2D eigenvalue weighted by molar-refractivity contribution is 6.30. The van der Waals surface area contributed by atoms with Crippen molar-refractivity contribution in [3.8, 4) is 0 Å². The molecule has 2 aromatic carbocycles. The van der Waals surface area contributed by atoms with Crippen LogP contribution in [0.2, 0.25) is 5.02 Å². The fourth-order valence-electron chi connectivity index (χ4n) is 4.20. The first kappa shape index (κ1) is 22.9. The number of aromatic nitrogens is 2. The number of nitrogens with one attached hydrogen (secondary N) is 1. The average molecular weight is 463 g/mol. The maximum atomic E-state index is 13.5. The lowest BCUT2D eigenvalue weighted by Gasteiger charge is -2.33. The molecule has 0 radical (unpaired) electrons. The van der Waals surface area contributed by atoms with E-state index in [4.69, 9.17) is 16.6 Å². The number of hydrogen-bond donors (Lipinski definition) is 1. The molecule has 0 saturated carbocycles. The number of carbonyl (C=O) groups excluding carboxylic acids is 2. The fraction of sp³-hybridized carbons (Fsp3) is 0.308. The second-order valence-electron chi connectivity index (χ2n) is 8.84. The van der Waals surface area contributed by atoms with Crippen LogP contribution in [0.25, 0.3) is 0 Å². The van der Waals surface area contributed by atoms with E-state index in [-0.39, 0.29) is 17.9 Å². The number of hydrogen-bond acceptors (Lipinski definition) is 4. The summed E-state index contributed by atoms with van der Waals surface area (Å²) in [6, 6.07) is 16.4. The zero-order chi connectivity index (χ0) is 23.4. The molecule has 170 valence electrons. The Hall–Kier alpha value is -3.25. The van der Waals surface area contributed by atoms with Gasteiger partial charge in [0.25, 0.3) is 5.91 Å². The zero-order valence-corrected chi connectivity index (χ0v) is 19.5. The van der Waals surface area contributed by atoms with Gasteiger partial charge in [0.2, 0.25) is 5.91 Å². The van der Waals surface area contributed by atoms with Gasteiger partial charge in [-0.15, -0.1) is 0 Å². The molecule has 3 aromatic rings. The molecular weight excluding hydrogens is 436 g/mol. The summed E-state index contributed by atoms with van der Waals surface area (Å²) in [4.78, 5) is 37.2. The van der Waals surface area contributed by atoms with Crippen LogP contribution in [0.15, 0.2) is 67.0 Å². The topological polar surface area (TPSA) is 75.2 Å². The van der Waals surface area contributed by atoms with Gasteiger partial charge < -0.3 is 10.2 Å². The predicted octanol–water partition coefficient (Wildman–Crippen LogP) is 4.59. The van der Waals surface area contributed by atoms with Gasteiger partial charge in [0.15, 0.2) is 0 Å². The molecular formula is C26H27ClN4O2. The van der Waals surface area contributed by atoms with E-state index in [9.17, 15) is 9.59 Å². The van der Waals surface area contributed by atoms with Gasteiger partial charge in [-0.3, -0.25) is 19.6 Å². The van der Waals surface area contributed by atoms with Gasteiger partial charge in [-0.1, -0.05) is 41.9 Å². The number of rotatable bonds is 6. The molecule has 1 N–H and O–H groups in total. The van der Waals surface area contributed by atoms with Crippen molar-refractivity contribution in [3.63, 3.8) is 0 Å². The summed E-state index contributed by atoms with van der Waals surface area (Å²) in [5.74, 6) is -0.399. The summed E-state index contributed by atoms with van der Waals surface area (Å²) in [7, 11) is 0. The Bertz CT molecular complexity index is 1150. The van der Waals surface area contributed by atoms with Crippen LogP contribution in [0.5, 0.6) is 0 Å². The first-order chi connectivity index (χ1) is 15.8. The maximum absolute atomic E-state index is 13.5. The summed E-state index contributed by atoms with van der Waals surface area (Å²) in [5.41, 5.74) is 2.12. The standard InChI is InChI=1S/C26H27ClN4O2/c1-26(2,30-24(32)19-9-4-3-5-10-19)25(33)31-13-7-12-23(31)22-17-28-16-21(29-22)15-18-8-6-11-20(27)14-18/h3-6,8-11,14,16-17,23H,7,12-13,15H2,1-2H3,(H,30,32)/t23-/m1/s1. The summed E-state index contributed by atoms with van der Waals surface area (Å²) < 4.78 is 0. The molecule has 7 heteroatoms. The normalized spacial score (nSPS) is 16.0. The summed E-state index contributed by atoms with van der Waals surface area (Å²) in [6.07, 6.45) is 5.77. The average Bonchev–Trinajstić information content (AvgIpc) is 3.29. The Labute approximate surface area is 199 Å². The van der Waals surface area contributed by atoms with E-state index in [1.165, 1.54) is 0 Å². The molecule has 1 atom stereocenters. The van der Waals surface area contributed by atoms with Crippen LogP contribution in [-0.2, 0) is 11.2 Å². The number of nitrogens with zero attached hydrogens (tertiary/aromatic N) is 3.